The van der Waals surface area contributed by atoms with Crippen LogP contribution in [0.1, 0.15) is 76.4 Å². The summed E-state index contributed by atoms with van der Waals surface area (Å²) in [6.45, 7) is 3.82. The summed E-state index contributed by atoms with van der Waals surface area (Å²) in [5.41, 5.74) is 2.02. The van der Waals surface area contributed by atoms with Gasteiger partial charge in [0.1, 0.15) is 17.4 Å². The summed E-state index contributed by atoms with van der Waals surface area (Å²) < 4.78 is 17.0. The Hall–Kier alpha value is -3.32. The number of nitrogens with zero attached hydrogens (tertiary/aromatic N) is 2. The summed E-state index contributed by atoms with van der Waals surface area (Å²) in [4.78, 5) is 31.9. The molecule has 0 aliphatic heterocycles. The van der Waals surface area contributed by atoms with Crippen LogP contribution in [0.25, 0.3) is 22.4 Å². The first-order valence-electron chi connectivity index (χ1n) is 12.5. The van der Waals surface area contributed by atoms with Crippen LogP contribution in [-0.4, -0.2) is 26.2 Å². The van der Waals surface area contributed by atoms with Gasteiger partial charge in [-0.3, -0.25) is 9.59 Å². The maximum absolute atomic E-state index is 15.0. The molecule has 0 amide bonds. The van der Waals surface area contributed by atoms with Crippen molar-refractivity contribution in [3.63, 3.8) is 0 Å². The molecule has 2 aromatic carbocycles. The zero-order chi connectivity index (χ0) is 25.4. The Morgan fingerprint density at radius 1 is 1.14 bits per heavy atom. The van der Waals surface area contributed by atoms with Crippen molar-refractivity contribution in [3.8, 4) is 17.1 Å². The van der Waals surface area contributed by atoms with E-state index in [1.807, 2.05) is 36.6 Å². The van der Waals surface area contributed by atoms with Gasteiger partial charge in [0.2, 0.25) is 0 Å². The molecule has 5 rings (SSSR count). The number of phenols is 1. The van der Waals surface area contributed by atoms with Crippen molar-refractivity contribution in [2.24, 2.45) is 5.92 Å². The Bertz CT molecular complexity index is 1430. The lowest BCUT2D eigenvalue weighted by Crippen LogP contribution is -2.22. The fourth-order valence-corrected chi connectivity index (χ4v) is 6.20. The Kier molecular flexibility index (Phi) is 6.75. The first-order chi connectivity index (χ1) is 17.4. The van der Waals surface area contributed by atoms with Crippen molar-refractivity contribution in [1.29, 1.82) is 0 Å². The van der Waals surface area contributed by atoms with E-state index in [1.165, 1.54) is 29.5 Å². The number of thiophene rings is 1. The van der Waals surface area contributed by atoms with Gasteiger partial charge in [-0.2, -0.15) is 0 Å². The molecule has 186 valence electrons. The van der Waals surface area contributed by atoms with Crippen molar-refractivity contribution < 1.29 is 19.1 Å². The van der Waals surface area contributed by atoms with E-state index < -0.39 is 5.82 Å². The molecule has 1 N–H and O–H groups in total. The molecule has 5 nitrogen and oxygen atoms in total. The first kappa shape index (κ1) is 24.4. The van der Waals surface area contributed by atoms with Gasteiger partial charge in [-0.05, 0) is 74.6 Å². The van der Waals surface area contributed by atoms with E-state index >= 15 is 4.39 Å². The molecular weight excluding hydrogens is 475 g/mol. The van der Waals surface area contributed by atoms with Crippen LogP contribution in [-0.2, 0) is 0 Å². The number of hydrogen-bond donors (Lipinski definition) is 1. The summed E-state index contributed by atoms with van der Waals surface area (Å²) >= 11 is 1.53. The fraction of sp³-hybridized carbons (Fsp3) is 0.345. The van der Waals surface area contributed by atoms with Crippen LogP contribution in [0, 0.1) is 18.7 Å². The molecule has 2 atom stereocenters. The Balaban J connectivity index is 1.55. The predicted octanol–water partition coefficient (Wildman–Crippen LogP) is 7.51. The van der Waals surface area contributed by atoms with Crippen LogP contribution < -0.4 is 0 Å². The molecule has 1 saturated carbocycles. The number of aryl methyl sites for hydroxylation is 1. The minimum atomic E-state index is -0.549. The molecule has 0 unspecified atom stereocenters. The summed E-state index contributed by atoms with van der Waals surface area (Å²) in [6, 6.07) is 13.5. The molecule has 1 aliphatic carbocycles. The van der Waals surface area contributed by atoms with Crippen molar-refractivity contribution in [2.75, 3.05) is 0 Å². The summed E-state index contributed by atoms with van der Waals surface area (Å²) in [5.74, 6) is 0.0245. The minimum Gasteiger partial charge on any atom is -0.507 e. The highest BCUT2D eigenvalue weighted by molar-refractivity contribution is 7.14. The number of ketones is 2. The molecule has 0 bridgehead atoms. The van der Waals surface area contributed by atoms with Crippen molar-refractivity contribution in [2.45, 2.75) is 58.4 Å². The molecule has 7 heteroatoms. The average Bonchev–Trinajstić information content (AvgIpc) is 3.46. The van der Waals surface area contributed by atoms with Crippen LogP contribution in [0.2, 0.25) is 0 Å². The second-order valence-electron chi connectivity index (χ2n) is 9.64. The molecule has 0 spiro atoms. The maximum atomic E-state index is 15.0. The quantitative estimate of drug-likeness (QED) is 0.264. The monoisotopic (exact) mass is 504 g/mol. The summed E-state index contributed by atoms with van der Waals surface area (Å²) in [6.07, 6.45) is 4.41. The van der Waals surface area contributed by atoms with Crippen molar-refractivity contribution >= 4 is 33.9 Å². The molecule has 0 saturated heterocycles. The van der Waals surface area contributed by atoms with Crippen LogP contribution in [0.5, 0.6) is 5.75 Å². The number of carbonyl (C=O) groups excluding carboxylic acids is 2. The number of benzene rings is 2. The SMILES string of the molecule is CCC(=O)c1ccc2c(c1)nc(-c1c(O)cccc1F)n2[C@H]1CCC[C@@H](CC(=O)c2ccc(C)s2)C1. The number of rotatable bonds is 7. The van der Waals surface area contributed by atoms with Gasteiger partial charge in [0, 0.05) is 29.3 Å². The average molecular weight is 505 g/mol. The number of hydrogen-bond acceptors (Lipinski definition) is 5. The predicted molar refractivity (Wildman–Crippen MR) is 140 cm³/mol. The molecule has 36 heavy (non-hydrogen) atoms. The molecule has 4 aromatic rings. The fourth-order valence-electron chi connectivity index (χ4n) is 5.39. The van der Waals surface area contributed by atoms with Crippen LogP contribution in [0.15, 0.2) is 48.5 Å². The van der Waals surface area contributed by atoms with E-state index in [-0.39, 0.29) is 34.8 Å². The zero-order valence-electron chi connectivity index (χ0n) is 20.5. The molecule has 0 radical (unpaired) electrons. The number of carbonyl (C=O) groups is 2. The lowest BCUT2D eigenvalue weighted by molar-refractivity contribution is 0.0944. The number of aromatic nitrogens is 2. The molecule has 1 aliphatic rings. The van der Waals surface area contributed by atoms with E-state index in [0.29, 0.717) is 29.7 Å². The molecule has 2 aromatic heterocycles. The lowest BCUT2D eigenvalue weighted by Gasteiger charge is -2.31. The van der Waals surface area contributed by atoms with Gasteiger partial charge in [0.15, 0.2) is 11.6 Å². The van der Waals surface area contributed by atoms with Crippen molar-refractivity contribution in [1.82, 2.24) is 9.55 Å². The van der Waals surface area contributed by atoms with Gasteiger partial charge in [-0.1, -0.05) is 19.4 Å². The largest absolute Gasteiger partial charge is 0.507 e. The van der Waals surface area contributed by atoms with Gasteiger partial charge < -0.3 is 9.67 Å². The maximum Gasteiger partial charge on any atom is 0.173 e. The Labute approximate surface area is 213 Å². The smallest absolute Gasteiger partial charge is 0.173 e. The van der Waals surface area contributed by atoms with Gasteiger partial charge in [0.05, 0.1) is 21.5 Å². The van der Waals surface area contributed by atoms with E-state index in [2.05, 4.69) is 0 Å². The number of aromatic hydroxyl groups is 1. The van der Waals surface area contributed by atoms with Gasteiger partial charge in [0.25, 0.3) is 0 Å². The lowest BCUT2D eigenvalue weighted by atomic mass is 9.82. The van der Waals surface area contributed by atoms with E-state index in [9.17, 15) is 14.7 Å². The summed E-state index contributed by atoms with van der Waals surface area (Å²) in [5, 5.41) is 10.6. The second-order valence-corrected chi connectivity index (χ2v) is 10.9. The van der Waals surface area contributed by atoms with Crippen LogP contribution in [0.3, 0.4) is 0 Å². The van der Waals surface area contributed by atoms with E-state index in [0.717, 1.165) is 41.0 Å². The molecular formula is C29H29FN2O3S. The first-order valence-corrected chi connectivity index (χ1v) is 13.3. The normalized spacial score (nSPS) is 18.0. The third-order valence-electron chi connectivity index (χ3n) is 7.16. The Morgan fingerprint density at radius 2 is 1.97 bits per heavy atom. The standard InChI is InChI=1S/C29H29FN2O3S/c1-3-24(33)19-11-12-23-22(16-19)31-29(28-21(30)8-5-9-25(28)34)32(23)20-7-4-6-18(14-20)15-26(35)27-13-10-17(2)36-27/h5,8-13,16,18,20,34H,3-4,6-7,14-15H2,1-2H3/t18-,20+/m1/s1. The highest BCUT2D eigenvalue weighted by Gasteiger charge is 2.30. The zero-order valence-corrected chi connectivity index (χ0v) is 21.3. The van der Waals surface area contributed by atoms with Crippen LogP contribution >= 0.6 is 11.3 Å². The summed E-state index contributed by atoms with van der Waals surface area (Å²) in [7, 11) is 0. The third-order valence-corrected chi connectivity index (χ3v) is 8.20. The second kappa shape index (κ2) is 9.97. The molecule has 1 fully saturated rings. The van der Waals surface area contributed by atoms with E-state index in [1.54, 1.807) is 12.1 Å². The number of fused-ring (bicyclic) bond motifs is 1. The Morgan fingerprint density at radius 3 is 2.69 bits per heavy atom. The van der Waals surface area contributed by atoms with Gasteiger partial charge >= 0.3 is 0 Å². The van der Waals surface area contributed by atoms with Gasteiger partial charge in [-0.15, -0.1) is 11.3 Å². The topological polar surface area (TPSA) is 72.2 Å². The molecule has 2 heterocycles. The van der Waals surface area contributed by atoms with Gasteiger partial charge in [-0.25, -0.2) is 9.37 Å². The number of imidazole rings is 1. The highest BCUT2D eigenvalue weighted by atomic mass is 32.1. The third kappa shape index (κ3) is 4.60. The highest BCUT2D eigenvalue weighted by Crippen LogP contribution is 2.42. The van der Waals surface area contributed by atoms with E-state index in [4.69, 9.17) is 4.98 Å². The minimum absolute atomic E-state index is 0.00615. The van der Waals surface area contributed by atoms with Crippen molar-refractivity contribution in [3.05, 3.63) is 69.7 Å². The number of halogens is 1. The number of phenolic OH excluding ortho intramolecular Hbond substituents is 1. The van der Waals surface area contributed by atoms with Crippen LogP contribution in [0.4, 0.5) is 4.39 Å². The number of Topliss-reactive ketones (excluding diaryl/α,β-unsaturated/α-hetero) is 2.